The minimum atomic E-state index is -0.171. The van der Waals surface area contributed by atoms with Gasteiger partial charge in [0.15, 0.2) is 0 Å². The second kappa shape index (κ2) is 6.01. The highest BCUT2D eigenvalue weighted by molar-refractivity contribution is 8.14. The van der Waals surface area contributed by atoms with Gasteiger partial charge in [0.05, 0.1) is 20.8 Å². The van der Waals surface area contributed by atoms with Crippen molar-refractivity contribution in [2.75, 3.05) is 5.32 Å². The standard InChI is InChI=1S/C10H10Cl3NOS/c1-5(2)16-10(15)14-9-4-7(12)6(11)3-8(9)13/h3-5H,1-2H3,(H,14,15). The maximum atomic E-state index is 11.5. The fourth-order valence-electron chi connectivity index (χ4n) is 0.972. The van der Waals surface area contributed by atoms with E-state index in [-0.39, 0.29) is 10.5 Å². The number of carbonyl (C=O) groups excluding carboxylic acids is 1. The molecule has 0 aliphatic carbocycles. The number of hydrogen-bond donors (Lipinski definition) is 1. The number of nitrogens with one attached hydrogen (secondary N) is 1. The van der Waals surface area contributed by atoms with Crippen molar-refractivity contribution < 1.29 is 4.79 Å². The van der Waals surface area contributed by atoms with Crippen molar-refractivity contribution >= 4 is 57.5 Å². The van der Waals surface area contributed by atoms with Gasteiger partial charge < -0.3 is 5.32 Å². The average Bonchev–Trinajstić information content (AvgIpc) is 2.12. The molecule has 0 atom stereocenters. The number of amides is 1. The van der Waals surface area contributed by atoms with Crippen LogP contribution in [0.2, 0.25) is 15.1 Å². The summed E-state index contributed by atoms with van der Waals surface area (Å²) in [5.74, 6) is 0. The second-order valence-electron chi connectivity index (χ2n) is 3.33. The van der Waals surface area contributed by atoms with Gasteiger partial charge in [0, 0.05) is 5.25 Å². The van der Waals surface area contributed by atoms with E-state index < -0.39 is 0 Å². The predicted molar refractivity (Wildman–Crippen MR) is 73.2 cm³/mol. The van der Waals surface area contributed by atoms with Gasteiger partial charge in [0.25, 0.3) is 5.24 Å². The lowest BCUT2D eigenvalue weighted by Gasteiger charge is -2.09. The Balaban J connectivity index is 2.81. The second-order valence-corrected chi connectivity index (χ2v) is 6.10. The number of benzene rings is 1. The third kappa shape index (κ3) is 4.06. The third-order valence-corrected chi connectivity index (χ3v) is 3.41. The third-order valence-electron chi connectivity index (χ3n) is 1.59. The highest BCUT2D eigenvalue weighted by Gasteiger charge is 2.10. The fraction of sp³-hybridized carbons (Fsp3) is 0.300. The Morgan fingerprint density at radius 1 is 1.19 bits per heavy atom. The first-order chi connectivity index (χ1) is 7.40. The molecule has 0 aliphatic heterocycles. The van der Waals surface area contributed by atoms with Gasteiger partial charge in [-0.05, 0) is 12.1 Å². The van der Waals surface area contributed by atoms with E-state index in [1.165, 1.54) is 23.9 Å². The molecule has 1 rings (SSSR count). The molecule has 1 N–H and O–H groups in total. The minimum absolute atomic E-state index is 0.171. The molecule has 1 amide bonds. The van der Waals surface area contributed by atoms with Crippen molar-refractivity contribution in [1.29, 1.82) is 0 Å². The van der Waals surface area contributed by atoms with Crippen LogP contribution in [0, 0.1) is 0 Å². The largest absolute Gasteiger partial charge is 0.315 e. The Hall–Kier alpha value is -0.0900. The van der Waals surface area contributed by atoms with E-state index in [9.17, 15) is 4.79 Å². The first-order valence-corrected chi connectivity index (χ1v) is 6.53. The number of halogens is 3. The Labute approximate surface area is 114 Å². The number of hydrogen-bond acceptors (Lipinski definition) is 2. The minimum Gasteiger partial charge on any atom is -0.315 e. The zero-order valence-electron chi connectivity index (χ0n) is 8.68. The van der Waals surface area contributed by atoms with Crippen LogP contribution in [0.3, 0.4) is 0 Å². The molecule has 0 aromatic heterocycles. The molecule has 6 heteroatoms. The van der Waals surface area contributed by atoms with Gasteiger partial charge in [0.2, 0.25) is 0 Å². The van der Waals surface area contributed by atoms with E-state index in [2.05, 4.69) is 5.32 Å². The van der Waals surface area contributed by atoms with Crippen molar-refractivity contribution in [1.82, 2.24) is 0 Å². The lowest BCUT2D eigenvalue weighted by Crippen LogP contribution is -2.08. The fourth-order valence-corrected chi connectivity index (χ4v) is 2.16. The summed E-state index contributed by atoms with van der Waals surface area (Å²) in [6.45, 7) is 3.86. The van der Waals surface area contributed by atoms with Gasteiger partial charge in [-0.3, -0.25) is 4.79 Å². The molecule has 1 aromatic rings. The van der Waals surface area contributed by atoms with Crippen molar-refractivity contribution in [2.45, 2.75) is 19.1 Å². The van der Waals surface area contributed by atoms with Gasteiger partial charge in [-0.15, -0.1) is 0 Å². The Bertz CT molecular complexity index is 409. The van der Waals surface area contributed by atoms with Crippen LogP contribution in [0.1, 0.15) is 13.8 Å². The average molecular weight is 299 g/mol. The lowest BCUT2D eigenvalue weighted by atomic mass is 10.3. The van der Waals surface area contributed by atoms with E-state index in [0.717, 1.165) is 0 Å². The predicted octanol–water partition coefficient (Wildman–Crippen LogP) is 5.32. The lowest BCUT2D eigenvalue weighted by molar-refractivity contribution is 0.269. The molecule has 0 fully saturated rings. The monoisotopic (exact) mass is 297 g/mol. The summed E-state index contributed by atoms with van der Waals surface area (Å²) >= 11 is 18.7. The van der Waals surface area contributed by atoms with E-state index in [4.69, 9.17) is 34.8 Å². The topological polar surface area (TPSA) is 29.1 Å². The van der Waals surface area contributed by atoms with E-state index in [0.29, 0.717) is 20.8 Å². The molecule has 1 aromatic carbocycles. The molecule has 2 nitrogen and oxygen atoms in total. The van der Waals surface area contributed by atoms with Crippen LogP contribution in [0.4, 0.5) is 10.5 Å². The van der Waals surface area contributed by atoms with E-state index >= 15 is 0 Å². The maximum absolute atomic E-state index is 11.5. The van der Waals surface area contributed by atoms with Crippen LogP contribution < -0.4 is 5.32 Å². The van der Waals surface area contributed by atoms with E-state index in [1.54, 1.807) is 0 Å². The number of rotatable bonds is 2. The molecular formula is C10H10Cl3NOS. The van der Waals surface area contributed by atoms with Gasteiger partial charge in [-0.2, -0.15) is 0 Å². The molecule has 0 saturated carbocycles. The van der Waals surface area contributed by atoms with E-state index in [1.807, 2.05) is 13.8 Å². The van der Waals surface area contributed by atoms with Crippen LogP contribution in [0.5, 0.6) is 0 Å². The van der Waals surface area contributed by atoms with Crippen molar-refractivity contribution in [2.24, 2.45) is 0 Å². The SMILES string of the molecule is CC(C)SC(=O)Nc1cc(Cl)c(Cl)cc1Cl. The Morgan fingerprint density at radius 2 is 1.75 bits per heavy atom. The molecule has 88 valence electrons. The number of anilines is 1. The van der Waals surface area contributed by atoms with Crippen LogP contribution in [0.25, 0.3) is 0 Å². The highest BCUT2D eigenvalue weighted by Crippen LogP contribution is 2.32. The molecule has 0 heterocycles. The molecule has 0 unspecified atom stereocenters. The van der Waals surface area contributed by atoms with Crippen molar-refractivity contribution in [3.05, 3.63) is 27.2 Å². The quantitative estimate of drug-likeness (QED) is 0.749. The van der Waals surface area contributed by atoms with Gasteiger partial charge in [-0.1, -0.05) is 60.4 Å². The molecule has 0 spiro atoms. The summed E-state index contributed by atoms with van der Waals surface area (Å²) in [5, 5.41) is 3.78. The van der Waals surface area contributed by atoms with Gasteiger partial charge >= 0.3 is 0 Å². The zero-order valence-corrected chi connectivity index (χ0v) is 11.8. The summed E-state index contributed by atoms with van der Waals surface area (Å²) in [6.07, 6.45) is 0. The highest BCUT2D eigenvalue weighted by atomic mass is 35.5. The zero-order chi connectivity index (χ0) is 12.3. The summed E-state index contributed by atoms with van der Waals surface area (Å²) in [4.78, 5) is 11.5. The number of thioether (sulfide) groups is 1. The Kier molecular flexibility index (Phi) is 5.25. The molecule has 0 saturated heterocycles. The first kappa shape index (κ1) is 14.0. The Morgan fingerprint density at radius 3 is 2.31 bits per heavy atom. The molecule has 0 radical (unpaired) electrons. The molecule has 0 bridgehead atoms. The molecular weight excluding hydrogens is 289 g/mol. The summed E-state index contributed by atoms with van der Waals surface area (Å²) in [7, 11) is 0. The molecule has 16 heavy (non-hydrogen) atoms. The maximum Gasteiger partial charge on any atom is 0.283 e. The van der Waals surface area contributed by atoms with Gasteiger partial charge in [0.1, 0.15) is 0 Å². The summed E-state index contributed by atoms with van der Waals surface area (Å²) in [5.41, 5.74) is 0.467. The van der Waals surface area contributed by atoms with Crippen LogP contribution in [0.15, 0.2) is 12.1 Å². The normalized spacial score (nSPS) is 10.6. The first-order valence-electron chi connectivity index (χ1n) is 4.52. The van der Waals surface area contributed by atoms with Crippen molar-refractivity contribution in [3.8, 4) is 0 Å². The van der Waals surface area contributed by atoms with Crippen molar-refractivity contribution in [3.63, 3.8) is 0 Å². The molecule has 0 aliphatic rings. The van der Waals surface area contributed by atoms with Crippen LogP contribution in [-0.2, 0) is 0 Å². The van der Waals surface area contributed by atoms with Crippen LogP contribution >= 0.6 is 46.6 Å². The summed E-state index contributed by atoms with van der Waals surface area (Å²) in [6, 6.07) is 3.03. The smallest absolute Gasteiger partial charge is 0.283 e. The number of carbonyl (C=O) groups is 1. The van der Waals surface area contributed by atoms with Crippen LogP contribution in [-0.4, -0.2) is 10.5 Å². The summed E-state index contributed by atoms with van der Waals surface area (Å²) < 4.78 is 0. The van der Waals surface area contributed by atoms with Gasteiger partial charge in [-0.25, -0.2) is 0 Å².